The SMILES string of the molecule is c1ccc(-c2cc(-n3c4ccccc4c4cccnc43)cc3c2oc2ccccc23)nc1. The summed E-state index contributed by atoms with van der Waals surface area (Å²) < 4.78 is 8.55. The van der Waals surface area contributed by atoms with Crippen LogP contribution in [0.5, 0.6) is 0 Å². The quantitative estimate of drug-likeness (QED) is 0.304. The highest BCUT2D eigenvalue weighted by Gasteiger charge is 2.18. The van der Waals surface area contributed by atoms with Crippen molar-refractivity contribution in [3.05, 3.63) is 103 Å². The van der Waals surface area contributed by atoms with Crippen LogP contribution >= 0.6 is 0 Å². The first kappa shape index (κ1) is 17.3. The maximum Gasteiger partial charge on any atom is 0.145 e. The average Bonchev–Trinajstić information content (AvgIpc) is 3.40. The van der Waals surface area contributed by atoms with Crippen molar-refractivity contribution in [3.8, 4) is 16.9 Å². The highest BCUT2D eigenvalue weighted by Crippen LogP contribution is 2.39. The Balaban J connectivity index is 1.66. The molecule has 0 amide bonds. The van der Waals surface area contributed by atoms with E-state index >= 15 is 0 Å². The second-order valence-corrected chi connectivity index (χ2v) is 7.91. The van der Waals surface area contributed by atoms with Crippen molar-refractivity contribution in [1.29, 1.82) is 0 Å². The number of fused-ring (bicyclic) bond motifs is 6. The zero-order chi connectivity index (χ0) is 21.1. The molecule has 32 heavy (non-hydrogen) atoms. The Morgan fingerprint density at radius 1 is 0.625 bits per heavy atom. The van der Waals surface area contributed by atoms with Crippen LogP contribution in [0.3, 0.4) is 0 Å². The summed E-state index contributed by atoms with van der Waals surface area (Å²) in [4.78, 5) is 9.38. The van der Waals surface area contributed by atoms with E-state index in [-0.39, 0.29) is 0 Å². The van der Waals surface area contributed by atoms with E-state index < -0.39 is 0 Å². The molecular formula is C28H17N3O. The summed E-state index contributed by atoms with van der Waals surface area (Å²) in [5.74, 6) is 0. The van der Waals surface area contributed by atoms with Gasteiger partial charge in [-0.2, -0.15) is 0 Å². The van der Waals surface area contributed by atoms with E-state index in [9.17, 15) is 0 Å². The maximum absolute atomic E-state index is 6.32. The fourth-order valence-corrected chi connectivity index (χ4v) is 4.71. The number of furan rings is 1. The second-order valence-electron chi connectivity index (χ2n) is 7.91. The Morgan fingerprint density at radius 3 is 2.31 bits per heavy atom. The lowest BCUT2D eigenvalue weighted by Crippen LogP contribution is -1.96. The molecule has 4 heterocycles. The van der Waals surface area contributed by atoms with Crippen molar-refractivity contribution >= 4 is 43.9 Å². The van der Waals surface area contributed by atoms with Gasteiger partial charge in [0.2, 0.25) is 0 Å². The summed E-state index contributed by atoms with van der Waals surface area (Å²) in [6, 6.07) is 31.1. The molecule has 0 spiro atoms. The van der Waals surface area contributed by atoms with Crippen molar-refractivity contribution in [2.45, 2.75) is 0 Å². The van der Waals surface area contributed by atoms with Crippen LogP contribution in [-0.4, -0.2) is 14.5 Å². The lowest BCUT2D eigenvalue weighted by Gasteiger charge is -2.10. The molecule has 3 aromatic carbocycles. The number of hydrogen-bond donors (Lipinski definition) is 0. The van der Waals surface area contributed by atoms with Crippen molar-refractivity contribution in [2.75, 3.05) is 0 Å². The minimum Gasteiger partial charge on any atom is -0.455 e. The van der Waals surface area contributed by atoms with Crippen LogP contribution in [0.2, 0.25) is 0 Å². The van der Waals surface area contributed by atoms with Crippen LogP contribution in [0, 0.1) is 0 Å². The molecule has 7 aromatic rings. The van der Waals surface area contributed by atoms with Gasteiger partial charge in [0.15, 0.2) is 0 Å². The number of para-hydroxylation sites is 2. The topological polar surface area (TPSA) is 43.9 Å². The zero-order valence-electron chi connectivity index (χ0n) is 17.1. The van der Waals surface area contributed by atoms with Gasteiger partial charge in [-0.05, 0) is 48.5 Å². The normalized spacial score (nSPS) is 11.8. The van der Waals surface area contributed by atoms with Crippen molar-refractivity contribution in [3.63, 3.8) is 0 Å². The molecular weight excluding hydrogens is 394 g/mol. The fraction of sp³-hybridized carbons (Fsp3) is 0. The molecule has 0 radical (unpaired) electrons. The van der Waals surface area contributed by atoms with Gasteiger partial charge in [-0.15, -0.1) is 0 Å². The number of aromatic nitrogens is 3. The fourth-order valence-electron chi connectivity index (χ4n) is 4.71. The first-order valence-corrected chi connectivity index (χ1v) is 10.6. The molecule has 0 fully saturated rings. The van der Waals surface area contributed by atoms with Gasteiger partial charge in [-0.25, -0.2) is 4.98 Å². The molecule has 4 aromatic heterocycles. The van der Waals surface area contributed by atoms with Crippen LogP contribution in [0.4, 0.5) is 0 Å². The largest absolute Gasteiger partial charge is 0.455 e. The van der Waals surface area contributed by atoms with Gasteiger partial charge < -0.3 is 4.42 Å². The summed E-state index contributed by atoms with van der Waals surface area (Å²) in [7, 11) is 0. The number of nitrogens with zero attached hydrogens (tertiary/aromatic N) is 3. The third-order valence-corrected chi connectivity index (χ3v) is 6.10. The molecule has 0 aliphatic carbocycles. The summed E-state index contributed by atoms with van der Waals surface area (Å²) in [5.41, 5.74) is 6.67. The number of pyridine rings is 2. The summed E-state index contributed by atoms with van der Waals surface area (Å²) in [5, 5.41) is 4.49. The standard InChI is InChI=1S/C28H17N3O/c1-3-12-25-19(8-1)21-10-7-15-30-28(21)31(25)18-16-22-20-9-2-4-13-26(20)32-27(22)23(17-18)24-11-5-6-14-29-24/h1-17H. The molecule has 0 unspecified atom stereocenters. The van der Waals surface area contributed by atoms with E-state index in [2.05, 4.69) is 58.1 Å². The Bertz CT molecular complexity index is 1720. The van der Waals surface area contributed by atoms with Gasteiger partial charge >= 0.3 is 0 Å². The van der Waals surface area contributed by atoms with Crippen molar-refractivity contribution < 1.29 is 4.42 Å². The van der Waals surface area contributed by atoms with Crippen molar-refractivity contribution in [2.24, 2.45) is 0 Å². The minimum atomic E-state index is 0.849. The minimum absolute atomic E-state index is 0.849. The first-order chi connectivity index (χ1) is 15.9. The Morgan fingerprint density at radius 2 is 1.41 bits per heavy atom. The first-order valence-electron chi connectivity index (χ1n) is 10.6. The van der Waals surface area contributed by atoms with Crippen molar-refractivity contribution in [1.82, 2.24) is 14.5 Å². The van der Waals surface area contributed by atoms with Crippen LogP contribution in [-0.2, 0) is 0 Å². The Hall–Kier alpha value is -4.44. The Kier molecular flexibility index (Phi) is 3.52. The molecule has 0 saturated carbocycles. The summed E-state index contributed by atoms with van der Waals surface area (Å²) in [6.07, 6.45) is 3.67. The predicted octanol–water partition coefficient (Wildman–Crippen LogP) is 7.14. The second kappa shape index (κ2) is 6.53. The van der Waals surface area contributed by atoms with Gasteiger partial charge in [0.25, 0.3) is 0 Å². The molecule has 0 atom stereocenters. The average molecular weight is 411 g/mol. The molecule has 4 heteroatoms. The lowest BCUT2D eigenvalue weighted by atomic mass is 10.0. The summed E-state index contributed by atoms with van der Waals surface area (Å²) >= 11 is 0. The monoisotopic (exact) mass is 411 g/mol. The lowest BCUT2D eigenvalue weighted by molar-refractivity contribution is 0.669. The highest BCUT2D eigenvalue weighted by atomic mass is 16.3. The molecule has 0 N–H and O–H groups in total. The van der Waals surface area contributed by atoms with Crippen LogP contribution in [0.1, 0.15) is 0 Å². The smallest absolute Gasteiger partial charge is 0.145 e. The van der Waals surface area contributed by atoms with E-state index in [0.29, 0.717) is 0 Å². The summed E-state index contributed by atoms with van der Waals surface area (Å²) in [6.45, 7) is 0. The third-order valence-electron chi connectivity index (χ3n) is 6.10. The number of hydrogen-bond acceptors (Lipinski definition) is 3. The molecule has 7 rings (SSSR count). The van der Waals surface area contributed by atoms with Gasteiger partial charge in [-0.3, -0.25) is 9.55 Å². The van der Waals surface area contributed by atoms with Crippen LogP contribution < -0.4 is 0 Å². The van der Waals surface area contributed by atoms with E-state index in [1.165, 1.54) is 5.39 Å². The zero-order valence-corrected chi connectivity index (χ0v) is 17.1. The molecule has 0 aliphatic heterocycles. The van der Waals surface area contributed by atoms with Gasteiger partial charge in [0.1, 0.15) is 16.8 Å². The number of benzene rings is 3. The predicted molar refractivity (Wildman–Crippen MR) is 129 cm³/mol. The van der Waals surface area contributed by atoms with E-state index in [4.69, 9.17) is 9.40 Å². The third kappa shape index (κ3) is 2.38. The van der Waals surface area contributed by atoms with Gasteiger partial charge in [0, 0.05) is 45.2 Å². The van der Waals surface area contributed by atoms with E-state index in [0.717, 1.165) is 55.4 Å². The van der Waals surface area contributed by atoms with Crippen LogP contribution in [0.15, 0.2) is 108 Å². The molecule has 0 aliphatic rings. The maximum atomic E-state index is 6.32. The van der Waals surface area contributed by atoms with E-state index in [1.54, 1.807) is 0 Å². The Labute approximate surface area is 183 Å². The molecule has 150 valence electrons. The van der Waals surface area contributed by atoms with Gasteiger partial charge in [0.05, 0.1) is 11.2 Å². The van der Waals surface area contributed by atoms with Crippen LogP contribution in [0.25, 0.3) is 60.8 Å². The van der Waals surface area contributed by atoms with Gasteiger partial charge in [-0.1, -0.05) is 42.5 Å². The molecule has 4 nitrogen and oxygen atoms in total. The number of rotatable bonds is 2. The molecule has 0 saturated heterocycles. The molecule has 0 bridgehead atoms. The highest BCUT2D eigenvalue weighted by molar-refractivity contribution is 6.12. The van der Waals surface area contributed by atoms with E-state index in [1.807, 2.05) is 54.9 Å².